The molecule has 0 aliphatic heterocycles. The van der Waals surface area contributed by atoms with E-state index in [2.05, 4.69) is 15.0 Å². The van der Waals surface area contributed by atoms with Crippen molar-refractivity contribution in [3.8, 4) is 0 Å². The molecular formula is C11H11ClN4O2S2. The summed E-state index contributed by atoms with van der Waals surface area (Å²) in [4.78, 5) is 24.7. The maximum Gasteiger partial charge on any atom is 0.343 e. The van der Waals surface area contributed by atoms with Gasteiger partial charge in [0.1, 0.15) is 11.4 Å². The van der Waals surface area contributed by atoms with Gasteiger partial charge in [-0.3, -0.25) is 0 Å². The Balaban J connectivity index is 2.03. The van der Waals surface area contributed by atoms with Crippen molar-refractivity contribution in [3.63, 3.8) is 0 Å². The van der Waals surface area contributed by atoms with Crippen LogP contribution in [0.2, 0.25) is 4.47 Å². The first-order valence-electron chi connectivity index (χ1n) is 5.62. The Morgan fingerprint density at radius 1 is 1.50 bits per heavy atom. The van der Waals surface area contributed by atoms with Gasteiger partial charge >= 0.3 is 5.97 Å². The van der Waals surface area contributed by atoms with Crippen molar-refractivity contribution in [2.24, 2.45) is 0 Å². The van der Waals surface area contributed by atoms with Gasteiger partial charge < -0.3 is 10.5 Å². The van der Waals surface area contributed by atoms with Gasteiger partial charge in [0.15, 0.2) is 9.62 Å². The van der Waals surface area contributed by atoms with Gasteiger partial charge in [-0.05, 0) is 6.92 Å². The predicted octanol–water partition coefficient (Wildman–Crippen LogP) is 2.64. The highest BCUT2D eigenvalue weighted by Gasteiger charge is 2.14. The number of rotatable bonds is 5. The summed E-state index contributed by atoms with van der Waals surface area (Å²) in [6.07, 6.45) is 3.08. The number of aromatic nitrogens is 3. The maximum absolute atomic E-state index is 11.5. The third-order valence-electron chi connectivity index (χ3n) is 2.16. The number of thiazole rings is 1. The molecular weight excluding hydrogens is 320 g/mol. The lowest BCUT2D eigenvalue weighted by Gasteiger charge is -2.05. The van der Waals surface area contributed by atoms with Gasteiger partial charge in [-0.1, -0.05) is 23.4 Å². The van der Waals surface area contributed by atoms with E-state index >= 15 is 0 Å². The fraction of sp³-hybridized carbons (Fsp3) is 0.273. The minimum absolute atomic E-state index is 0.114. The van der Waals surface area contributed by atoms with Gasteiger partial charge in [0.2, 0.25) is 0 Å². The molecule has 0 radical (unpaired) electrons. The summed E-state index contributed by atoms with van der Waals surface area (Å²) in [7, 11) is 0. The first-order chi connectivity index (χ1) is 9.60. The second-order valence-electron chi connectivity index (χ2n) is 3.54. The summed E-state index contributed by atoms with van der Waals surface area (Å²) in [6, 6.07) is 0. The van der Waals surface area contributed by atoms with Gasteiger partial charge in [0, 0.05) is 23.0 Å². The van der Waals surface area contributed by atoms with Crippen LogP contribution in [0.4, 0.5) is 5.82 Å². The number of thioether (sulfide) groups is 1. The summed E-state index contributed by atoms with van der Waals surface area (Å²) in [5.74, 6) is 0.238. The molecule has 0 saturated heterocycles. The van der Waals surface area contributed by atoms with Crippen molar-refractivity contribution in [1.82, 2.24) is 15.0 Å². The molecule has 0 fully saturated rings. The van der Waals surface area contributed by atoms with Crippen LogP contribution >= 0.6 is 34.7 Å². The smallest absolute Gasteiger partial charge is 0.343 e. The highest BCUT2D eigenvalue weighted by Crippen LogP contribution is 2.26. The number of carbonyl (C=O) groups is 1. The molecule has 2 rings (SSSR count). The molecule has 0 atom stereocenters. The second kappa shape index (κ2) is 6.87. The second-order valence-corrected chi connectivity index (χ2v) is 6.18. The monoisotopic (exact) mass is 330 g/mol. The molecule has 0 amide bonds. The molecule has 6 nitrogen and oxygen atoms in total. The number of hydrogen-bond donors (Lipinski definition) is 1. The average Bonchev–Trinajstić information content (AvgIpc) is 2.82. The van der Waals surface area contributed by atoms with Crippen LogP contribution in [-0.2, 0) is 10.5 Å². The van der Waals surface area contributed by atoms with E-state index in [1.807, 2.05) is 0 Å². The van der Waals surface area contributed by atoms with Crippen molar-refractivity contribution in [2.75, 3.05) is 12.3 Å². The lowest BCUT2D eigenvalue weighted by Crippen LogP contribution is -2.10. The summed E-state index contributed by atoms with van der Waals surface area (Å²) in [5, 5.41) is 0.486. The zero-order valence-electron chi connectivity index (χ0n) is 10.5. The zero-order valence-corrected chi connectivity index (χ0v) is 12.9. The lowest BCUT2D eigenvalue weighted by atomic mass is 10.3. The highest BCUT2D eigenvalue weighted by molar-refractivity contribution is 7.98. The average molecular weight is 331 g/mol. The molecule has 2 heterocycles. The largest absolute Gasteiger partial charge is 0.462 e. The molecule has 2 aromatic rings. The number of nitrogens with two attached hydrogens (primary N) is 1. The summed E-state index contributed by atoms with van der Waals surface area (Å²) >= 11 is 8.54. The molecule has 0 bridgehead atoms. The Hall–Kier alpha value is -1.38. The van der Waals surface area contributed by atoms with E-state index in [9.17, 15) is 4.79 Å². The molecule has 0 aliphatic carbocycles. The number of nitrogens with zero attached hydrogens (tertiary/aromatic N) is 3. The Labute approximate surface area is 128 Å². The van der Waals surface area contributed by atoms with Crippen molar-refractivity contribution in [3.05, 3.63) is 27.3 Å². The van der Waals surface area contributed by atoms with E-state index in [-0.39, 0.29) is 18.0 Å². The quantitative estimate of drug-likeness (QED) is 0.512. The zero-order chi connectivity index (χ0) is 14.5. The number of ether oxygens (including phenoxy) is 1. The molecule has 0 spiro atoms. The Morgan fingerprint density at radius 2 is 2.30 bits per heavy atom. The summed E-state index contributed by atoms with van der Waals surface area (Å²) in [5.41, 5.74) is 5.91. The first-order valence-corrected chi connectivity index (χ1v) is 7.80. The Bertz CT molecular complexity index is 620. The van der Waals surface area contributed by atoms with E-state index in [4.69, 9.17) is 22.1 Å². The number of anilines is 1. The molecule has 0 aromatic carbocycles. The van der Waals surface area contributed by atoms with E-state index < -0.39 is 5.97 Å². The highest BCUT2D eigenvalue weighted by atomic mass is 35.5. The molecule has 106 valence electrons. The molecule has 2 N–H and O–H groups in total. The van der Waals surface area contributed by atoms with Crippen molar-refractivity contribution in [2.45, 2.75) is 17.8 Å². The summed E-state index contributed by atoms with van der Waals surface area (Å²) < 4.78 is 5.35. The van der Waals surface area contributed by atoms with E-state index in [1.165, 1.54) is 29.3 Å². The SMILES string of the molecule is CCOC(=O)c1cnc(SCc2cnc(Cl)s2)nc1N. The Morgan fingerprint density at radius 3 is 2.90 bits per heavy atom. The fourth-order valence-corrected chi connectivity index (χ4v) is 3.12. The van der Waals surface area contributed by atoms with Crippen molar-refractivity contribution >= 4 is 46.5 Å². The van der Waals surface area contributed by atoms with Crippen molar-refractivity contribution in [1.29, 1.82) is 0 Å². The topological polar surface area (TPSA) is 91.0 Å². The van der Waals surface area contributed by atoms with Gasteiger partial charge in [-0.15, -0.1) is 11.3 Å². The number of esters is 1. The van der Waals surface area contributed by atoms with Crippen molar-refractivity contribution < 1.29 is 9.53 Å². The van der Waals surface area contributed by atoms with Crippen LogP contribution in [-0.4, -0.2) is 27.5 Å². The maximum atomic E-state index is 11.5. The fourth-order valence-electron chi connectivity index (χ4n) is 1.30. The summed E-state index contributed by atoms with van der Waals surface area (Å²) in [6.45, 7) is 2.00. The molecule has 0 unspecified atom stereocenters. The number of carbonyl (C=O) groups excluding carboxylic acids is 1. The van der Waals surface area contributed by atoms with Crippen LogP contribution < -0.4 is 5.73 Å². The molecule has 2 aromatic heterocycles. The standard InChI is InChI=1S/C11H11ClN4O2S2/c1-2-18-9(17)7-4-15-11(16-8(7)13)19-5-6-3-14-10(12)20-6/h3-4H,2,5H2,1H3,(H2,13,15,16). The predicted molar refractivity (Wildman–Crippen MR) is 79.1 cm³/mol. The normalized spacial score (nSPS) is 10.5. The molecule has 0 aliphatic rings. The minimum Gasteiger partial charge on any atom is -0.462 e. The van der Waals surface area contributed by atoms with Gasteiger partial charge in [0.25, 0.3) is 0 Å². The number of nitrogen functional groups attached to an aromatic ring is 1. The third kappa shape index (κ3) is 3.81. The van der Waals surface area contributed by atoms with E-state index in [1.54, 1.807) is 13.1 Å². The van der Waals surface area contributed by atoms with Crippen LogP contribution in [0.25, 0.3) is 0 Å². The van der Waals surface area contributed by atoms with Crippen LogP contribution in [0.15, 0.2) is 17.6 Å². The number of hydrogen-bond acceptors (Lipinski definition) is 8. The Kier molecular flexibility index (Phi) is 5.16. The van der Waals surface area contributed by atoms with E-state index in [0.29, 0.717) is 15.4 Å². The molecule has 0 saturated carbocycles. The van der Waals surface area contributed by atoms with Crippen LogP contribution in [0.3, 0.4) is 0 Å². The van der Waals surface area contributed by atoms with Crippen LogP contribution in [0.1, 0.15) is 22.2 Å². The third-order valence-corrected chi connectivity index (χ3v) is 4.37. The first kappa shape index (κ1) is 15.0. The minimum atomic E-state index is -0.518. The van der Waals surface area contributed by atoms with Gasteiger partial charge in [-0.2, -0.15) is 0 Å². The molecule has 9 heteroatoms. The van der Waals surface area contributed by atoms with E-state index in [0.717, 1.165) is 4.88 Å². The van der Waals surface area contributed by atoms with Gasteiger partial charge in [0.05, 0.1) is 6.61 Å². The number of halogens is 1. The van der Waals surface area contributed by atoms with Gasteiger partial charge in [-0.25, -0.2) is 19.7 Å². The molecule has 20 heavy (non-hydrogen) atoms. The lowest BCUT2D eigenvalue weighted by molar-refractivity contribution is 0.0526. The van der Waals surface area contributed by atoms with Crippen LogP contribution in [0.5, 0.6) is 0 Å². The van der Waals surface area contributed by atoms with Crippen LogP contribution in [0, 0.1) is 0 Å².